The number of imidazole rings is 1. The average molecular weight is 323 g/mol. The van der Waals surface area contributed by atoms with Crippen molar-refractivity contribution >= 4 is 22.6 Å². The monoisotopic (exact) mass is 323 g/mol. The highest BCUT2D eigenvalue weighted by Gasteiger charge is 2.18. The fraction of sp³-hybridized carbons (Fsp3) is 0.222. The molecule has 1 aliphatic heterocycles. The molecule has 0 radical (unpaired) electrons. The average Bonchev–Trinajstić information content (AvgIpc) is 3.05. The zero-order valence-electron chi connectivity index (χ0n) is 13.2. The number of amides is 1. The maximum Gasteiger partial charge on any atom is 0.247 e. The summed E-state index contributed by atoms with van der Waals surface area (Å²) >= 11 is 0. The van der Waals surface area contributed by atoms with Gasteiger partial charge in [-0.3, -0.25) is 4.79 Å². The van der Waals surface area contributed by atoms with Gasteiger partial charge in [0.05, 0.1) is 17.4 Å². The van der Waals surface area contributed by atoms with Gasteiger partial charge in [-0.2, -0.15) is 0 Å². The molecule has 0 fully saturated rings. The highest BCUT2D eigenvalue weighted by Crippen LogP contribution is 2.32. The van der Waals surface area contributed by atoms with Crippen LogP contribution < -0.4 is 14.8 Å². The summed E-state index contributed by atoms with van der Waals surface area (Å²) in [6.07, 6.45) is 1.69. The lowest BCUT2D eigenvalue weighted by Gasteiger charge is -2.20. The number of nitrogens with one attached hydrogen (secondary N) is 1. The van der Waals surface area contributed by atoms with Gasteiger partial charge in [0.1, 0.15) is 19.3 Å². The molecule has 1 unspecified atom stereocenters. The van der Waals surface area contributed by atoms with Crippen molar-refractivity contribution in [1.82, 2.24) is 9.55 Å². The topological polar surface area (TPSA) is 65.4 Å². The van der Waals surface area contributed by atoms with E-state index in [2.05, 4.69) is 10.3 Å². The largest absolute Gasteiger partial charge is 0.486 e. The summed E-state index contributed by atoms with van der Waals surface area (Å²) in [6, 6.07) is 12.8. The Bertz CT molecular complexity index is 903. The van der Waals surface area contributed by atoms with Gasteiger partial charge < -0.3 is 19.4 Å². The first-order valence-electron chi connectivity index (χ1n) is 7.84. The maximum atomic E-state index is 12.6. The van der Waals surface area contributed by atoms with Crippen molar-refractivity contribution in [2.24, 2.45) is 0 Å². The number of nitrogens with zero attached hydrogens (tertiary/aromatic N) is 2. The summed E-state index contributed by atoms with van der Waals surface area (Å²) in [4.78, 5) is 16.9. The first-order valence-corrected chi connectivity index (χ1v) is 7.84. The Morgan fingerprint density at radius 1 is 1.17 bits per heavy atom. The fourth-order valence-corrected chi connectivity index (χ4v) is 2.78. The number of ether oxygens (including phenoxy) is 2. The minimum atomic E-state index is -0.384. The number of hydrogen-bond acceptors (Lipinski definition) is 4. The van der Waals surface area contributed by atoms with E-state index in [1.807, 2.05) is 41.8 Å². The quantitative estimate of drug-likeness (QED) is 0.805. The molecule has 0 spiro atoms. The molecule has 0 aliphatic carbocycles. The highest BCUT2D eigenvalue weighted by molar-refractivity contribution is 5.94. The third-order valence-corrected chi connectivity index (χ3v) is 4.09. The molecule has 3 aromatic rings. The number of aromatic nitrogens is 2. The van der Waals surface area contributed by atoms with Crippen molar-refractivity contribution in [2.75, 3.05) is 18.5 Å². The van der Waals surface area contributed by atoms with Gasteiger partial charge in [0.25, 0.3) is 0 Å². The van der Waals surface area contributed by atoms with Crippen LogP contribution in [0.25, 0.3) is 11.0 Å². The second kappa shape index (κ2) is 5.88. The van der Waals surface area contributed by atoms with Crippen LogP contribution in [0.5, 0.6) is 11.5 Å². The molecule has 0 saturated carbocycles. The molecule has 24 heavy (non-hydrogen) atoms. The van der Waals surface area contributed by atoms with Crippen molar-refractivity contribution in [3.8, 4) is 11.5 Å². The van der Waals surface area contributed by atoms with E-state index in [0.717, 1.165) is 11.0 Å². The number of benzene rings is 2. The Labute approximate surface area is 139 Å². The molecular weight excluding hydrogens is 306 g/mol. The molecule has 2 heterocycles. The highest BCUT2D eigenvalue weighted by atomic mass is 16.6. The second-order valence-electron chi connectivity index (χ2n) is 5.66. The van der Waals surface area contributed by atoms with Crippen molar-refractivity contribution in [3.63, 3.8) is 0 Å². The van der Waals surface area contributed by atoms with Crippen LogP contribution in [-0.2, 0) is 4.79 Å². The van der Waals surface area contributed by atoms with Gasteiger partial charge in [0.2, 0.25) is 5.91 Å². The molecule has 1 atom stereocenters. The third-order valence-electron chi connectivity index (χ3n) is 4.09. The molecule has 0 saturated heterocycles. The van der Waals surface area contributed by atoms with Crippen molar-refractivity contribution < 1.29 is 14.3 Å². The van der Waals surface area contributed by atoms with Crippen LogP contribution in [0.2, 0.25) is 0 Å². The lowest BCUT2D eigenvalue weighted by molar-refractivity contribution is -0.118. The zero-order valence-corrected chi connectivity index (χ0v) is 13.2. The van der Waals surface area contributed by atoms with E-state index in [1.54, 1.807) is 18.5 Å². The van der Waals surface area contributed by atoms with Gasteiger partial charge >= 0.3 is 0 Å². The van der Waals surface area contributed by atoms with Crippen LogP contribution in [0.15, 0.2) is 48.8 Å². The van der Waals surface area contributed by atoms with E-state index in [9.17, 15) is 4.79 Å². The first-order chi connectivity index (χ1) is 11.7. The maximum absolute atomic E-state index is 12.6. The van der Waals surface area contributed by atoms with Crippen LogP contribution in [0.3, 0.4) is 0 Å². The molecule has 6 nitrogen and oxygen atoms in total. The summed E-state index contributed by atoms with van der Waals surface area (Å²) in [6.45, 7) is 2.91. The van der Waals surface area contributed by atoms with E-state index >= 15 is 0 Å². The minimum absolute atomic E-state index is 0.116. The summed E-state index contributed by atoms with van der Waals surface area (Å²) in [5.41, 5.74) is 2.49. The van der Waals surface area contributed by atoms with Gasteiger partial charge in [0, 0.05) is 11.8 Å². The SMILES string of the molecule is CC(C(=O)Nc1ccc2c(c1)OCCO2)n1cnc2ccccc21. The lowest BCUT2D eigenvalue weighted by Crippen LogP contribution is -2.23. The van der Waals surface area contributed by atoms with Crippen LogP contribution in [0, 0.1) is 0 Å². The van der Waals surface area contributed by atoms with E-state index < -0.39 is 0 Å². The summed E-state index contributed by atoms with van der Waals surface area (Å²) in [7, 11) is 0. The lowest BCUT2D eigenvalue weighted by atomic mass is 10.2. The molecule has 1 aromatic heterocycles. The Kier molecular flexibility index (Phi) is 3.57. The second-order valence-corrected chi connectivity index (χ2v) is 5.66. The van der Waals surface area contributed by atoms with E-state index in [1.165, 1.54) is 0 Å². The van der Waals surface area contributed by atoms with Gasteiger partial charge in [-0.25, -0.2) is 4.98 Å². The van der Waals surface area contributed by atoms with Crippen molar-refractivity contribution in [2.45, 2.75) is 13.0 Å². The smallest absolute Gasteiger partial charge is 0.247 e. The van der Waals surface area contributed by atoms with Crippen molar-refractivity contribution in [1.29, 1.82) is 0 Å². The minimum Gasteiger partial charge on any atom is -0.486 e. The third kappa shape index (κ3) is 2.56. The van der Waals surface area contributed by atoms with Crippen molar-refractivity contribution in [3.05, 3.63) is 48.8 Å². The number of anilines is 1. The summed E-state index contributed by atoms with van der Waals surface area (Å²) in [5.74, 6) is 1.24. The molecular formula is C18H17N3O3. The Morgan fingerprint density at radius 2 is 1.96 bits per heavy atom. The molecule has 4 rings (SSSR count). The summed E-state index contributed by atoms with van der Waals surface area (Å²) in [5, 5.41) is 2.92. The number of fused-ring (bicyclic) bond motifs is 2. The number of carbonyl (C=O) groups is 1. The Hall–Kier alpha value is -3.02. The Balaban J connectivity index is 1.55. The van der Waals surface area contributed by atoms with Crippen LogP contribution in [0.1, 0.15) is 13.0 Å². The van der Waals surface area contributed by atoms with Crippen LogP contribution in [-0.4, -0.2) is 28.7 Å². The molecule has 122 valence electrons. The van der Waals surface area contributed by atoms with Gasteiger partial charge in [0.15, 0.2) is 11.5 Å². The van der Waals surface area contributed by atoms with E-state index in [-0.39, 0.29) is 11.9 Å². The molecule has 1 N–H and O–H groups in total. The predicted octanol–water partition coefficient (Wildman–Crippen LogP) is 3.01. The normalized spacial score (nSPS) is 14.4. The summed E-state index contributed by atoms with van der Waals surface area (Å²) < 4.78 is 12.9. The number of para-hydroxylation sites is 2. The van der Waals surface area contributed by atoms with Gasteiger partial charge in [-0.1, -0.05) is 12.1 Å². The van der Waals surface area contributed by atoms with Gasteiger partial charge in [-0.15, -0.1) is 0 Å². The zero-order chi connectivity index (χ0) is 16.5. The van der Waals surface area contributed by atoms with E-state index in [4.69, 9.17) is 9.47 Å². The van der Waals surface area contributed by atoms with E-state index in [0.29, 0.717) is 30.4 Å². The molecule has 2 aromatic carbocycles. The number of carbonyl (C=O) groups excluding carboxylic acids is 1. The number of rotatable bonds is 3. The fourth-order valence-electron chi connectivity index (χ4n) is 2.78. The van der Waals surface area contributed by atoms with Crippen LogP contribution in [0.4, 0.5) is 5.69 Å². The van der Waals surface area contributed by atoms with Gasteiger partial charge in [-0.05, 0) is 31.2 Å². The first kappa shape index (κ1) is 14.6. The Morgan fingerprint density at radius 3 is 2.83 bits per heavy atom. The standard InChI is InChI=1S/C18H17N3O3/c1-12(21-11-19-14-4-2-3-5-15(14)21)18(22)20-13-6-7-16-17(10-13)24-9-8-23-16/h2-7,10-12H,8-9H2,1H3,(H,20,22). The number of hydrogen-bond donors (Lipinski definition) is 1. The molecule has 1 amide bonds. The molecule has 1 aliphatic rings. The molecule has 0 bridgehead atoms. The molecule has 6 heteroatoms. The predicted molar refractivity (Wildman–Crippen MR) is 90.5 cm³/mol. The van der Waals surface area contributed by atoms with Crippen LogP contribution >= 0.6 is 0 Å².